The highest BCUT2D eigenvalue weighted by Crippen LogP contribution is 2.37. The lowest BCUT2D eigenvalue weighted by molar-refractivity contribution is 0.0707. The van der Waals surface area contributed by atoms with E-state index < -0.39 is 6.17 Å². The summed E-state index contributed by atoms with van der Waals surface area (Å²) in [4.78, 5) is 0. The molecule has 2 aliphatic rings. The minimum atomic E-state index is -0.732. The molecular weight excluding hydrogens is 179 g/mol. The lowest BCUT2D eigenvalue weighted by atomic mass is 9.74. The third kappa shape index (κ3) is 2.17. The Kier molecular flexibility index (Phi) is 3.22. The molecule has 0 amide bonds. The van der Waals surface area contributed by atoms with Crippen molar-refractivity contribution >= 4 is 0 Å². The zero-order valence-corrected chi connectivity index (χ0v) is 8.53. The minimum absolute atomic E-state index is 0.122. The number of allylic oxidation sites excluding steroid dienone is 2. The second kappa shape index (κ2) is 4.43. The molecule has 0 aliphatic heterocycles. The Balaban J connectivity index is 1.91. The zero-order valence-electron chi connectivity index (χ0n) is 8.53. The first-order chi connectivity index (χ1) is 6.77. The molecule has 0 aromatic carbocycles. The van der Waals surface area contributed by atoms with E-state index in [4.69, 9.17) is 0 Å². The van der Waals surface area contributed by atoms with Crippen LogP contribution in [0.3, 0.4) is 0 Å². The Morgan fingerprint density at radius 2 is 1.79 bits per heavy atom. The van der Waals surface area contributed by atoms with Crippen molar-refractivity contribution < 1.29 is 9.50 Å². The van der Waals surface area contributed by atoms with Crippen molar-refractivity contribution in [2.24, 2.45) is 11.8 Å². The average Bonchev–Trinajstić information content (AvgIpc) is 2.20. The van der Waals surface area contributed by atoms with Gasteiger partial charge in [0.15, 0.2) is 0 Å². The SMILES string of the molecule is OC1CCC([C@H]2CCC=C[C@H]2F)CC1. The van der Waals surface area contributed by atoms with Gasteiger partial charge in [-0.25, -0.2) is 4.39 Å². The molecule has 0 bridgehead atoms. The molecule has 2 atom stereocenters. The van der Waals surface area contributed by atoms with Gasteiger partial charge in [-0.05, 0) is 50.4 Å². The van der Waals surface area contributed by atoms with Crippen LogP contribution in [0.25, 0.3) is 0 Å². The standard InChI is InChI=1S/C12H19FO/c13-12-4-2-1-3-11(12)9-5-7-10(14)8-6-9/h2,4,9-12,14H,1,3,5-8H2/t9?,10?,11-,12-/m1/s1. The zero-order chi connectivity index (χ0) is 9.97. The monoisotopic (exact) mass is 198 g/mol. The number of aliphatic hydroxyl groups is 1. The van der Waals surface area contributed by atoms with E-state index >= 15 is 0 Å². The second-order valence-corrected chi connectivity index (χ2v) is 4.68. The predicted molar refractivity (Wildman–Crippen MR) is 54.7 cm³/mol. The van der Waals surface area contributed by atoms with Gasteiger partial charge in [0, 0.05) is 0 Å². The van der Waals surface area contributed by atoms with Crippen LogP contribution in [0, 0.1) is 11.8 Å². The first kappa shape index (κ1) is 10.2. The van der Waals surface area contributed by atoms with E-state index in [0.29, 0.717) is 5.92 Å². The van der Waals surface area contributed by atoms with Crippen LogP contribution in [-0.2, 0) is 0 Å². The molecule has 80 valence electrons. The second-order valence-electron chi connectivity index (χ2n) is 4.68. The van der Waals surface area contributed by atoms with E-state index in [9.17, 15) is 9.50 Å². The van der Waals surface area contributed by atoms with Gasteiger partial charge in [0.2, 0.25) is 0 Å². The summed E-state index contributed by atoms with van der Waals surface area (Å²) in [5, 5.41) is 9.38. The van der Waals surface area contributed by atoms with Crippen LogP contribution in [0.5, 0.6) is 0 Å². The van der Waals surface area contributed by atoms with Crippen LogP contribution in [0.15, 0.2) is 12.2 Å². The first-order valence-corrected chi connectivity index (χ1v) is 5.76. The van der Waals surface area contributed by atoms with Gasteiger partial charge in [0.25, 0.3) is 0 Å². The fourth-order valence-electron chi connectivity index (χ4n) is 2.84. The van der Waals surface area contributed by atoms with E-state index in [1.165, 1.54) is 0 Å². The summed E-state index contributed by atoms with van der Waals surface area (Å²) in [5.41, 5.74) is 0. The normalized spacial score (nSPS) is 43.9. The van der Waals surface area contributed by atoms with Crippen molar-refractivity contribution in [3.63, 3.8) is 0 Å². The number of halogens is 1. The van der Waals surface area contributed by atoms with Crippen molar-refractivity contribution in [3.05, 3.63) is 12.2 Å². The molecule has 0 spiro atoms. The quantitative estimate of drug-likeness (QED) is 0.642. The smallest absolute Gasteiger partial charge is 0.121 e. The van der Waals surface area contributed by atoms with Crippen LogP contribution in [0.2, 0.25) is 0 Å². The van der Waals surface area contributed by atoms with Gasteiger partial charge in [-0.2, -0.15) is 0 Å². The van der Waals surface area contributed by atoms with Crippen molar-refractivity contribution in [1.82, 2.24) is 0 Å². The predicted octanol–water partition coefficient (Wildman–Crippen LogP) is 2.84. The summed E-state index contributed by atoms with van der Waals surface area (Å²) >= 11 is 0. The fourth-order valence-corrected chi connectivity index (χ4v) is 2.84. The van der Waals surface area contributed by atoms with E-state index in [0.717, 1.165) is 38.5 Å². The van der Waals surface area contributed by atoms with Crippen molar-refractivity contribution in [1.29, 1.82) is 0 Å². The minimum Gasteiger partial charge on any atom is -0.393 e. The van der Waals surface area contributed by atoms with E-state index in [1.54, 1.807) is 6.08 Å². The Morgan fingerprint density at radius 3 is 2.43 bits per heavy atom. The largest absolute Gasteiger partial charge is 0.393 e. The molecule has 1 saturated carbocycles. The molecule has 1 fully saturated rings. The average molecular weight is 198 g/mol. The molecule has 0 heterocycles. The van der Waals surface area contributed by atoms with Gasteiger partial charge in [-0.15, -0.1) is 0 Å². The Bertz CT molecular complexity index is 206. The highest BCUT2D eigenvalue weighted by molar-refractivity contribution is 5.00. The van der Waals surface area contributed by atoms with Crippen LogP contribution in [0.1, 0.15) is 38.5 Å². The highest BCUT2D eigenvalue weighted by Gasteiger charge is 2.32. The maximum absolute atomic E-state index is 13.6. The molecule has 14 heavy (non-hydrogen) atoms. The van der Waals surface area contributed by atoms with E-state index in [-0.39, 0.29) is 12.0 Å². The molecule has 0 aromatic rings. The molecule has 0 unspecified atom stereocenters. The summed E-state index contributed by atoms with van der Waals surface area (Å²) in [6.07, 6.45) is 8.63. The molecule has 0 saturated heterocycles. The molecule has 2 rings (SSSR count). The highest BCUT2D eigenvalue weighted by atomic mass is 19.1. The van der Waals surface area contributed by atoms with Gasteiger partial charge in [-0.3, -0.25) is 0 Å². The van der Waals surface area contributed by atoms with Crippen molar-refractivity contribution in [2.45, 2.75) is 50.8 Å². The molecule has 2 heteroatoms. The van der Waals surface area contributed by atoms with Crippen LogP contribution in [-0.4, -0.2) is 17.4 Å². The maximum atomic E-state index is 13.6. The summed E-state index contributed by atoms with van der Waals surface area (Å²) in [5.74, 6) is 0.742. The first-order valence-electron chi connectivity index (χ1n) is 5.76. The summed E-state index contributed by atoms with van der Waals surface area (Å²) in [6, 6.07) is 0. The Labute approximate surface area is 85.0 Å². The molecule has 0 aromatic heterocycles. The summed E-state index contributed by atoms with van der Waals surface area (Å²) < 4.78 is 13.6. The summed E-state index contributed by atoms with van der Waals surface area (Å²) in [7, 11) is 0. The third-order valence-corrected chi connectivity index (χ3v) is 3.74. The molecule has 1 nitrogen and oxygen atoms in total. The Morgan fingerprint density at radius 1 is 1.07 bits per heavy atom. The molecular formula is C12H19FO. The number of hydrogen-bond acceptors (Lipinski definition) is 1. The number of hydrogen-bond donors (Lipinski definition) is 1. The number of alkyl halides is 1. The van der Waals surface area contributed by atoms with Crippen LogP contribution < -0.4 is 0 Å². The van der Waals surface area contributed by atoms with Gasteiger partial charge < -0.3 is 5.11 Å². The number of rotatable bonds is 1. The lowest BCUT2D eigenvalue weighted by Crippen LogP contribution is -2.30. The number of aliphatic hydroxyl groups excluding tert-OH is 1. The fraction of sp³-hybridized carbons (Fsp3) is 0.833. The van der Waals surface area contributed by atoms with Gasteiger partial charge in [0.1, 0.15) is 6.17 Å². The van der Waals surface area contributed by atoms with Gasteiger partial charge in [-0.1, -0.05) is 12.2 Å². The summed E-state index contributed by atoms with van der Waals surface area (Å²) in [6.45, 7) is 0. The van der Waals surface area contributed by atoms with Crippen molar-refractivity contribution in [3.8, 4) is 0 Å². The van der Waals surface area contributed by atoms with Gasteiger partial charge in [0.05, 0.1) is 6.10 Å². The van der Waals surface area contributed by atoms with Crippen molar-refractivity contribution in [2.75, 3.05) is 0 Å². The van der Waals surface area contributed by atoms with E-state index in [1.807, 2.05) is 6.08 Å². The topological polar surface area (TPSA) is 20.2 Å². The Hall–Kier alpha value is -0.370. The molecule has 1 N–H and O–H groups in total. The molecule has 2 aliphatic carbocycles. The molecule has 0 radical (unpaired) electrons. The third-order valence-electron chi connectivity index (χ3n) is 3.74. The van der Waals surface area contributed by atoms with Crippen LogP contribution in [0.4, 0.5) is 4.39 Å². The van der Waals surface area contributed by atoms with E-state index in [2.05, 4.69) is 0 Å². The lowest BCUT2D eigenvalue weighted by Gasteiger charge is -2.34. The van der Waals surface area contributed by atoms with Gasteiger partial charge >= 0.3 is 0 Å². The van der Waals surface area contributed by atoms with Crippen LogP contribution >= 0.6 is 0 Å². The maximum Gasteiger partial charge on any atom is 0.121 e.